The van der Waals surface area contributed by atoms with E-state index in [4.69, 9.17) is 9.47 Å². The minimum Gasteiger partial charge on any atom is -0.497 e. The van der Waals surface area contributed by atoms with Crippen LogP contribution < -0.4 is 14.8 Å². The van der Waals surface area contributed by atoms with E-state index < -0.39 is 11.2 Å². The molecule has 0 amide bonds. The summed E-state index contributed by atoms with van der Waals surface area (Å²) in [4.78, 5) is 4.43. The minimum atomic E-state index is -1.55. The smallest absolute Gasteiger partial charge is 0.252 e. The van der Waals surface area contributed by atoms with Gasteiger partial charge in [0.25, 0.3) is 5.79 Å². The van der Waals surface area contributed by atoms with Crippen molar-refractivity contribution >= 4 is 11.9 Å². The summed E-state index contributed by atoms with van der Waals surface area (Å²) >= 11 is 0. The molecule has 0 bridgehead atoms. The zero-order chi connectivity index (χ0) is 18.8. The molecule has 0 saturated carbocycles. The molecule has 138 valence electrons. The molecule has 0 spiro atoms. The fraction of sp³-hybridized carbons (Fsp3) is 0.381. The number of nitrogens with zero attached hydrogens (tertiary/aromatic N) is 1. The highest BCUT2D eigenvalue weighted by atomic mass is 16.6. The Hall–Kier alpha value is -2.37. The van der Waals surface area contributed by atoms with E-state index in [0.717, 1.165) is 23.5 Å². The Morgan fingerprint density at radius 1 is 1.19 bits per heavy atom. The first-order valence-corrected chi connectivity index (χ1v) is 8.84. The van der Waals surface area contributed by atoms with Gasteiger partial charge in [-0.15, -0.1) is 0 Å². The molecule has 26 heavy (non-hydrogen) atoms. The number of rotatable bonds is 6. The lowest BCUT2D eigenvalue weighted by Gasteiger charge is -2.46. The number of hydrogen-bond donors (Lipinski definition) is 2. The van der Waals surface area contributed by atoms with Crippen LogP contribution >= 0.6 is 0 Å². The van der Waals surface area contributed by atoms with Gasteiger partial charge in [0.1, 0.15) is 17.2 Å². The van der Waals surface area contributed by atoms with Gasteiger partial charge in [-0.05, 0) is 36.4 Å². The van der Waals surface area contributed by atoms with Crippen molar-refractivity contribution in [2.45, 2.75) is 32.6 Å². The predicted molar refractivity (Wildman–Crippen MR) is 103 cm³/mol. The fourth-order valence-corrected chi connectivity index (χ4v) is 3.30. The van der Waals surface area contributed by atoms with Gasteiger partial charge in [-0.3, -0.25) is 4.99 Å². The number of aliphatic imine (C=N–C) groups is 1. The number of benzene rings is 2. The zero-order valence-corrected chi connectivity index (χ0v) is 15.7. The molecule has 3 rings (SSSR count). The summed E-state index contributed by atoms with van der Waals surface area (Å²) in [5.41, 5.74) is 1.06. The fourth-order valence-electron chi connectivity index (χ4n) is 3.30. The second-order valence-electron chi connectivity index (χ2n) is 7.01. The van der Waals surface area contributed by atoms with E-state index in [2.05, 4.69) is 10.3 Å². The Labute approximate surface area is 154 Å². The molecular weight excluding hydrogens is 328 g/mol. The summed E-state index contributed by atoms with van der Waals surface area (Å²) in [5, 5.41) is 14.8. The van der Waals surface area contributed by atoms with Crippen LogP contribution in [0.2, 0.25) is 0 Å². The third-order valence-corrected chi connectivity index (χ3v) is 5.01. The summed E-state index contributed by atoms with van der Waals surface area (Å²) in [7, 11) is 1.65. The summed E-state index contributed by atoms with van der Waals surface area (Å²) < 4.78 is 11.3. The number of para-hydroxylation sites is 2. The van der Waals surface area contributed by atoms with Crippen LogP contribution in [0.3, 0.4) is 0 Å². The molecule has 2 unspecified atom stereocenters. The van der Waals surface area contributed by atoms with Gasteiger partial charge < -0.3 is 19.9 Å². The van der Waals surface area contributed by atoms with Gasteiger partial charge in [-0.2, -0.15) is 0 Å². The van der Waals surface area contributed by atoms with Crippen LogP contribution in [0.25, 0.3) is 0 Å². The van der Waals surface area contributed by atoms with Gasteiger partial charge in [0.05, 0.1) is 18.7 Å². The Bertz CT molecular complexity index is 786. The molecule has 1 aliphatic rings. The SMILES string of the molecule is CCNC(c1ccc(OC)cc1)C(C)(C)C1(O)C=Nc2ccccc2O1. The first-order chi connectivity index (χ1) is 12.4. The molecule has 2 atom stereocenters. The molecule has 0 saturated heterocycles. The van der Waals surface area contributed by atoms with Crippen LogP contribution in [0.5, 0.6) is 11.5 Å². The van der Waals surface area contributed by atoms with Crippen molar-refractivity contribution in [3.8, 4) is 11.5 Å². The molecule has 1 heterocycles. The van der Waals surface area contributed by atoms with E-state index in [-0.39, 0.29) is 6.04 Å². The van der Waals surface area contributed by atoms with E-state index in [1.807, 2.05) is 69.3 Å². The van der Waals surface area contributed by atoms with Gasteiger partial charge in [0, 0.05) is 6.04 Å². The lowest BCUT2D eigenvalue weighted by molar-refractivity contribution is -0.166. The summed E-state index contributed by atoms with van der Waals surface area (Å²) in [6, 6.07) is 15.2. The number of nitrogens with one attached hydrogen (secondary N) is 1. The Morgan fingerprint density at radius 2 is 1.88 bits per heavy atom. The molecule has 1 aliphatic heterocycles. The largest absolute Gasteiger partial charge is 0.497 e. The third kappa shape index (κ3) is 3.20. The second kappa shape index (κ2) is 7.09. The molecule has 5 heteroatoms. The standard InChI is InChI=1S/C21H26N2O3/c1-5-22-19(15-10-12-16(25-4)13-11-15)20(2,3)21(24)14-23-17-8-6-7-9-18(17)26-21/h6-14,19,22,24H,5H2,1-4H3. The normalized spacial score (nSPS) is 20.2. The molecule has 2 N–H and O–H groups in total. The van der Waals surface area contributed by atoms with Crippen molar-refractivity contribution < 1.29 is 14.6 Å². The van der Waals surface area contributed by atoms with Gasteiger partial charge in [0.2, 0.25) is 0 Å². The van der Waals surface area contributed by atoms with Crippen molar-refractivity contribution in [2.24, 2.45) is 10.4 Å². The molecular formula is C21H26N2O3. The number of aliphatic hydroxyl groups is 1. The van der Waals surface area contributed by atoms with Crippen molar-refractivity contribution in [1.29, 1.82) is 0 Å². The first kappa shape index (κ1) is 18.4. The highest BCUT2D eigenvalue weighted by Gasteiger charge is 2.51. The molecule has 0 radical (unpaired) electrons. The van der Waals surface area contributed by atoms with Crippen LogP contribution in [0.4, 0.5) is 5.69 Å². The number of fused-ring (bicyclic) bond motifs is 1. The molecule has 0 fully saturated rings. The third-order valence-electron chi connectivity index (χ3n) is 5.01. The highest BCUT2D eigenvalue weighted by Crippen LogP contribution is 2.46. The maximum Gasteiger partial charge on any atom is 0.252 e. The Kier molecular flexibility index (Phi) is 5.03. The van der Waals surface area contributed by atoms with Gasteiger partial charge in [-0.1, -0.05) is 45.0 Å². The lowest BCUT2D eigenvalue weighted by atomic mass is 9.73. The van der Waals surface area contributed by atoms with Crippen LogP contribution in [0, 0.1) is 5.41 Å². The van der Waals surface area contributed by atoms with E-state index in [9.17, 15) is 5.11 Å². The maximum absolute atomic E-state index is 11.4. The second-order valence-corrected chi connectivity index (χ2v) is 7.01. The molecule has 0 aliphatic carbocycles. The molecule has 2 aromatic carbocycles. The average Bonchev–Trinajstić information content (AvgIpc) is 2.66. The summed E-state index contributed by atoms with van der Waals surface area (Å²) in [6.45, 7) is 6.75. The van der Waals surface area contributed by atoms with Crippen LogP contribution in [-0.4, -0.2) is 30.8 Å². The summed E-state index contributed by atoms with van der Waals surface area (Å²) in [6.07, 6.45) is 1.50. The zero-order valence-electron chi connectivity index (χ0n) is 15.7. The van der Waals surface area contributed by atoms with E-state index in [1.165, 1.54) is 6.21 Å². The summed E-state index contributed by atoms with van der Waals surface area (Å²) in [5.74, 6) is -0.172. The van der Waals surface area contributed by atoms with Gasteiger partial charge in [-0.25, -0.2) is 0 Å². The Morgan fingerprint density at radius 3 is 2.54 bits per heavy atom. The van der Waals surface area contributed by atoms with Crippen molar-refractivity contribution in [3.05, 3.63) is 54.1 Å². The van der Waals surface area contributed by atoms with Gasteiger partial charge in [0.15, 0.2) is 0 Å². The van der Waals surface area contributed by atoms with Crippen LogP contribution in [0.15, 0.2) is 53.5 Å². The highest BCUT2D eigenvalue weighted by molar-refractivity contribution is 5.77. The van der Waals surface area contributed by atoms with Crippen LogP contribution in [-0.2, 0) is 0 Å². The minimum absolute atomic E-state index is 0.153. The molecule has 0 aromatic heterocycles. The maximum atomic E-state index is 11.4. The average molecular weight is 354 g/mol. The topological polar surface area (TPSA) is 63.1 Å². The van der Waals surface area contributed by atoms with Crippen molar-refractivity contribution in [2.75, 3.05) is 13.7 Å². The Balaban J connectivity index is 1.97. The van der Waals surface area contributed by atoms with Crippen molar-refractivity contribution in [3.63, 3.8) is 0 Å². The van der Waals surface area contributed by atoms with Crippen LogP contribution in [0.1, 0.15) is 32.4 Å². The van der Waals surface area contributed by atoms with Crippen molar-refractivity contribution in [1.82, 2.24) is 5.32 Å². The predicted octanol–water partition coefficient (Wildman–Crippen LogP) is 3.86. The number of methoxy groups -OCH3 is 1. The number of ether oxygens (including phenoxy) is 2. The monoisotopic (exact) mass is 354 g/mol. The lowest BCUT2D eigenvalue weighted by Crippen LogP contribution is -2.57. The molecule has 2 aromatic rings. The van der Waals surface area contributed by atoms with E-state index >= 15 is 0 Å². The number of hydrogen-bond acceptors (Lipinski definition) is 5. The quantitative estimate of drug-likeness (QED) is 0.827. The van der Waals surface area contributed by atoms with E-state index in [0.29, 0.717) is 5.75 Å². The molecule has 5 nitrogen and oxygen atoms in total. The first-order valence-electron chi connectivity index (χ1n) is 8.84. The van der Waals surface area contributed by atoms with E-state index in [1.54, 1.807) is 7.11 Å². The van der Waals surface area contributed by atoms with Gasteiger partial charge >= 0.3 is 0 Å².